The quantitative estimate of drug-likeness (QED) is 0.575. The first kappa shape index (κ1) is 12.4. The molecule has 94 valence electrons. The Morgan fingerprint density at radius 3 is 2.61 bits per heavy atom. The molecule has 3 amide bonds. The molecule has 0 unspecified atom stereocenters. The van der Waals surface area contributed by atoms with Gasteiger partial charge in [-0.1, -0.05) is 11.6 Å². The number of amides is 3. The highest BCUT2D eigenvalue weighted by atomic mass is 35.5. The number of piperazine rings is 1. The van der Waals surface area contributed by atoms with Gasteiger partial charge in [-0.25, -0.2) is 9.37 Å². The first-order valence-corrected chi connectivity index (χ1v) is 5.28. The van der Waals surface area contributed by atoms with Gasteiger partial charge in [0.25, 0.3) is 5.91 Å². The topological polar surface area (TPSA) is 79.4 Å². The zero-order valence-corrected chi connectivity index (χ0v) is 9.70. The van der Waals surface area contributed by atoms with E-state index in [1.54, 1.807) is 0 Å². The second-order valence-corrected chi connectivity index (χ2v) is 3.98. The Morgan fingerprint density at radius 1 is 1.39 bits per heavy atom. The predicted octanol–water partition coefficient (Wildman–Crippen LogP) is -0.0273. The molecule has 1 aromatic heterocycles. The van der Waals surface area contributed by atoms with E-state index in [9.17, 15) is 18.8 Å². The fourth-order valence-electron chi connectivity index (χ4n) is 1.52. The number of halogens is 2. The standard InChI is InChI=1S/C10H7ClFN3O3/c11-9-6(1-5(12)2-13-9)10(18)15-3-7(16)14-8(17)4-15/h1-2H,3-4H2,(H,14,16,17). The number of carbonyl (C=O) groups is 3. The molecule has 6 nitrogen and oxygen atoms in total. The molecule has 2 rings (SSSR count). The maximum absolute atomic E-state index is 13.0. The van der Waals surface area contributed by atoms with Crippen molar-refractivity contribution in [1.29, 1.82) is 0 Å². The zero-order valence-electron chi connectivity index (χ0n) is 8.94. The van der Waals surface area contributed by atoms with Crippen LogP contribution in [0.1, 0.15) is 10.4 Å². The second-order valence-electron chi connectivity index (χ2n) is 3.62. The van der Waals surface area contributed by atoms with Crippen molar-refractivity contribution in [2.24, 2.45) is 0 Å². The summed E-state index contributed by atoms with van der Waals surface area (Å²) in [6.07, 6.45) is 0.868. The van der Waals surface area contributed by atoms with Gasteiger partial charge in [-0.2, -0.15) is 0 Å². The van der Waals surface area contributed by atoms with E-state index in [0.29, 0.717) is 0 Å². The van der Waals surface area contributed by atoms with Gasteiger partial charge in [0.2, 0.25) is 11.8 Å². The number of carbonyl (C=O) groups excluding carboxylic acids is 3. The molecule has 1 aliphatic rings. The molecule has 1 fully saturated rings. The smallest absolute Gasteiger partial charge is 0.258 e. The molecule has 18 heavy (non-hydrogen) atoms. The van der Waals surface area contributed by atoms with Crippen molar-refractivity contribution in [2.45, 2.75) is 0 Å². The summed E-state index contributed by atoms with van der Waals surface area (Å²) in [6.45, 7) is -0.561. The third kappa shape index (κ3) is 2.45. The molecule has 1 saturated heterocycles. The molecule has 0 bridgehead atoms. The van der Waals surface area contributed by atoms with Crippen LogP contribution in [0.25, 0.3) is 0 Å². The third-order valence-corrected chi connectivity index (χ3v) is 2.57. The van der Waals surface area contributed by atoms with Crippen LogP contribution in [0, 0.1) is 5.82 Å². The largest absolute Gasteiger partial charge is 0.320 e. The number of pyridine rings is 1. The average molecular weight is 272 g/mol. The minimum absolute atomic E-state index is 0.181. The van der Waals surface area contributed by atoms with Crippen molar-refractivity contribution in [2.75, 3.05) is 13.1 Å². The first-order chi connectivity index (χ1) is 8.47. The SMILES string of the molecule is O=C1CN(C(=O)c2cc(F)cnc2Cl)CC(=O)N1. The van der Waals surface area contributed by atoms with Crippen molar-refractivity contribution in [3.05, 3.63) is 28.8 Å². The Balaban J connectivity index is 2.28. The van der Waals surface area contributed by atoms with Crippen molar-refractivity contribution in [3.8, 4) is 0 Å². The molecule has 8 heteroatoms. The van der Waals surface area contributed by atoms with E-state index < -0.39 is 23.5 Å². The Hall–Kier alpha value is -2.02. The summed E-state index contributed by atoms with van der Waals surface area (Å²) in [5.74, 6) is -2.63. The number of rotatable bonds is 1. The Labute approximate surface area is 106 Å². The fraction of sp³-hybridized carbons (Fsp3) is 0.200. The molecule has 0 radical (unpaired) electrons. The Bertz CT molecular complexity index is 533. The number of hydrogen-bond acceptors (Lipinski definition) is 4. The lowest BCUT2D eigenvalue weighted by molar-refractivity contribution is -0.135. The highest BCUT2D eigenvalue weighted by molar-refractivity contribution is 6.32. The summed E-state index contributed by atoms with van der Waals surface area (Å²) in [4.78, 5) is 38.7. The third-order valence-electron chi connectivity index (χ3n) is 2.27. The van der Waals surface area contributed by atoms with E-state index in [1.165, 1.54) is 0 Å². The van der Waals surface area contributed by atoms with Crippen LogP contribution in [0.2, 0.25) is 5.15 Å². The van der Waals surface area contributed by atoms with Crippen molar-refractivity contribution in [3.63, 3.8) is 0 Å². The molecule has 1 aromatic rings. The molecule has 2 heterocycles. The lowest BCUT2D eigenvalue weighted by atomic mass is 10.2. The summed E-state index contributed by atoms with van der Waals surface area (Å²) in [5, 5.41) is 1.87. The lowest BCUT2D eigenvalue weighted by Crippen LogP contribution is -2.53. The molecular formula is C10H7ClFN3O3. The molecule has 0 aliphatic carbocycles. The van der Waals surface area contributed by atoms with E-state index >= 15 is 0 Å². The summed E-state index contributed by atoms with van der Waals surface area (Å²) >= 11 is 5.67. The predicted molar refractivity (Wildman–Crippen MR) is 58.3 cm³/mol. The number of aromatic nitrogens is 1. The zero-order chi connectivity index (χ0) is 13.3. The number of nitrogens with one attached hydrogen (secondary N) is 1. The number of nitrogens with zero attached hydrogens (tertiary/aromatic N) is 2. The van der Waals surface area contributed by atoms with Crippen LogP contribution in [0.15, 0.2) is 12.3 Å². The van der Waals surface area contributed by atoms with Gasteiger partial charge in [-0.05, 0) is 6.07 Å². The summed E-state index contributed by atoms with van der Waals surface area (Å²) in [7, 11) is 0. The minimum Gasteiger partial charge on any atom is -0.320 e. The van der Waals surface area contributed by atoms with E-state index in [1.807, 2.05) is 5.32 Å². The van der Waals surface area contributed by atoms with Crippen LogP contribution in [-0.4, -0.2) is 40.7 Å². The maximum atomic E-state index is 13.0. The number of imide groups is 1. The van der Waals surface area contributed by atoms with Crippen LogP contribution in [0.4, 0.5) is 4.39 Å². The van der Waals surface area contributed by atoms with Crippen LogP contribution in [0.5, 0.6) is 0 Å². The van der Waals surface area contributed by atoms with Crippen molar-refractivity contribution >= 4 is 29.3 Å². The van der Waals surface area contributed by atoms with E-state index in [4.69, 9.17) is 11.6 Å². The molecule has 0 aromatic carbocycles. The van der Waals surface area contributed by atoms with Gasteiger partial charge in [0.1, 0.15) is 24.1 Å². The highest BCUT2D eigenvalue weighted by Crippen LogP contribution is 2.16. The van der Waals surface area contributed by atoms with Crippen LogP contribution < -0.4 is 5.32 Å². The van der Waals surface area contributed by atoms with E-state index in [2.05, 4.69) is 4.98 Å². The lowest BCUT2D eigenvalue weighted by Gasteiger charge is -2.25. The van der Waals surface area contributed by atoms with Gasteiger partial charge in [0, 0.05) is 0 Å². The molecule has 0 spiro atoms. The van der Waals surface area contributed by atoms with Gasteiger partial charge in [0.15, 0.2) is 0 Å². The minimum atomic E-state index is -0.726. The molecule has 1 aliphatic heterocycles. The maximum Gasteiger partial charge on any atom is 0.258 e. The number of hydrogen-bond donors (Lipinski definition) is 1. The van der Waals surface area contributed by atoms with Gasteiger partial charge >= 0.3 is 0 Å². The monoisotopic (exact) mass is 271 g/mol. The van der Waals surface area contributed by atoms with Gasteiger partial charge < -0.3 is 4.90 Å². The average Bonchev–Trinajstić information content (AvgIpc) is 2.30. The van der Waals surface area contributed by atoms with Crippen LogP contribution >= 0.6 is 11.6 Å². The molecule has 1 N–H and O–H groups in total. The Morgan fingerprint density at radius 2 is 2.00 bits per heavy atom. The second kappa shape index (κ2) is 4.69. The van der Waals surface area contributed by atoms with Gasteiger partial charge in [-0.3, -0.25) is 19.7 Å². The van der Waals surface area contributed by atoms with Crippen LogP contribution in [-0.2, 0) is 9.59 Å². The first-order valence-electron chi connectivity index (χ1n) is 4.90. The van der Waals surface area contributed by atoms with Crippen molar-refractivity contribution < 1.29 is 18.8 Å². The normalized spacial score (nSPS) is 15.6. The van der Waals surface area contributed by atoms with Crippen LogP contribution in [0.3, 0.4) is 0 Å². The molecule has 0 saturated carbocycles. The van der Waals surface area contributed by atoms with Crippen molar-refractivity contribution in [1.82, 2.24) is 15.2 Å². The van der Waals surface area contributed by atoms with E-state index in [0.717, 1.165) is 17.2 Å². The summed E-state index contributed by atoms with van der Waals surface area (Å²) < 4.78 is 13.0. The summed E-state index contributed by atoms with van der Waals surface area (Å²) in [6, 6.07) is 0.911. The summed E-state index contributed by atoms with van der Waals surface area (Å²) in [5.41, 5.74) is -0.181. The highest BCUT2D eigenvalue weighted by Gasteiger charge is 2.28. The fourth-order valence-corrected chi connectivity index (χ4v) is 1.71. The van der Waals surface area contributed by atoms with Gasteiger partial charge in [-0.15, -0.1) is 0 Å². The molecular weight excluding hydrogens is 265 g/mol. The molecule has 0 atom stereocenters. The van der Waals surface area contributed by atoms with Gasteiger partial charge in [0.05, 0.1) is 11.8 Å². The Kier molecular flexibility index (Phi) is 3.24. The van der Waals surface area contributed by atoms with E-state index in [-0.39, 0.29) is 23.8 Å².